The molecule has 79 heavy (non-hydrogen) atoms. The minimum absolute atomic E-state index is 0.137. The minimum atomic E-state index is -0.570. The quantitative estimate of drug-likeness (QED) is 0.0224. The first-order valence-corrected chi connectivity index (χ1v) is 28.3. The van der Waals surface area contributed by atoms with Crippen molar-refractivity contribution in [2.24, 2.45) is 0 Å². The summed E-state index contributed by atoms with van der Waals surface area (Å²) in [5.74, 6) is -1.40. The van der Waals surface area contributed by atoms with E-state index in [0.717, 1.165) is 60.8 Å². The van der Waals surface area contributed by atoms with Gasteiger partial charge in [0.2, 0.25) is 0 Å². The van der Waals surface area contributed by atoms with Crippen LogP contribution >= 0.6 is 0 Å². The molecule has 0 saturated heterocycles. The van der Waals surface area contributed by atoms with Crippen LogP contribution in [0.4, 0.5) is 0 Å². The summed E-state index contributed by atoms with van der Waals surface area (Å²) in [6.45, 7) is 8.29. The first-order chi connectivity index (χ1) is 38.4. The molecule has 0 bridgehead atoms. The third kappa shape index (κ3) is 21.1. The lowest BCUT2D eigenvalue weighted by Crippen LogP contribution is -2.15. The normalized spacial score (nSPS) is 11.7. The summed E-state index contributed by atoms with van der Waals surface area (Å²) in [5.41, 5.74) is 5.11. The van der Waals surface area contributed by atoms with Gasteiger partial charge in [0.25, 0.3) is 0 Å². The van der Waals surface area contributed by atoms with Gasteiger partial charge in [-0.05, 0) is 172 Å². The summed E-state index contributed by atoms with van der Waals surface area (Å²) in [6, 6.07) is 40.8. The third-order valence-corrected chi connectivity index (χ3v) is 13.5. The molecule has 0 heterocycles. The van der Waals surface area contributed by atoms with Gasteiger partial charge in [-0.2, -0.15) is 0 Å². The number of carbonyl (C=O) groups is 6. The Bertz CT molecular complexity index is 2640. The van der Waals surface area contributed by atoms with E-state index in [2.05, 4.69) is 13.8 Å². The number of carbonyl (C=O) groups excluding carboxylic acids is 6. The molecule has 0 aliphatic carbocycles. The summed E-state index contributed by atoms with van der Waals surface area (Å²) < 4.78 is 33.4. The molecule has 0 amide bonds. The lowest BCUT2D eigenvalue weighted by molar-refractivity contribution is -0.134. The number of hydrogen-bond acceptors (Lipinski definition) is 12. The van der Waals surface area contributed by atoms with E-state index < -0.39 is 23.9 Å². The molecule has 6 rings (SSSR count). The van der Waals surface area contributed by atoms with Gasteiger partial charge in [0, 0.05) is 12.8 Å². The molecule has 0 aromatic heterocycles. The molecule has 6 aromatic carbocycles. The second kappa shape index (κ2) is 32.8. The maximum atomic E-state index is 12.9. The van der Waals surface area contributed by atoms with E-state index in [1.165, 1.54) is 99.9 Å². The molecular weight excluding hydrogens is 997 g/mol. The smallest absolute Gasteiger partial charge is 0.343 e. The maximum Gasteiger partial charge on any atom is 0.343 e. The van der Waals surface area contributed by atoms with Crippen LogP contribution in [0, 0.1) is 0 Å². The topological polar surface area (TPSA) is 158 Å². The van der Waals surface area contributed by atoms with E-state index in [4.69, 9.17) is 28.4 Å². The van der Waals surface area contributed by atoms with E-state index in [0.29, 0.717) is 41.9 Å². The van der Waals surface area contributed by atoms with Crippen LogP contribution in [0.1, 0.15) is 191 Å². The summed E-state index contributed by atoms with van der Waals surface area (Å²) in [6.07, 6.45) is 17.6. The third-order valence-electron chi connectivity index (χ3n) is 13.5. The largest absolute Gasteiger partial charge is 0.459 e. The van der Waals surface area contributed by atoms with Gasteiger partial charge in [0.1, 0.15) is 23.0 Å². The van der Waals surface area contributed by atoms with Gasteiger partial charge in [0.05, 0.1) is 34.5 Å². The Labute approximate surface area is 466 Å². The van der Waals surface area contributed by atoms with Crippen molar-refractivity contribution in [3.8, 4) is 45.3 Å². The maximum absolute atomic E-state index is 12.9. The highest BCUT2D eigenvalue weighted by molar-refractivity contribution is 5.93. The first kappa shape index (κ1) is 60.4. The fraction of sp³-hybridized carbons (Fsp3) is 0.373. The molecule has 0 N–H and O–H groups in total. The van der Waals surface area contributed by atoms with Crippen LogP contribution in [0.15, 0.2) is 146 Å². The molecule has 0 aliphatic rings. The highest BCUT2D eigenvalue weighted by atomic mass is 16.6. The number of ether oxygens (including phenoxy) is 6. The van der Waals surface area contributed by atoms with Gasteiger partial charge in [-0.1, -0.05) is 133 Å². The van der Waals surface area contributed by atoms with Crippen LogP contribution < -0.4 is 18.9 Å². The van der Waals surface area contributed by atoms with Gasteiger partial charge in [-0.25, -0.2) is 19.2 Å². The molecule has 416 valence electrons. The fourth-order valence-corrected chi connectivity index (χ4v) is 8.80. The van der Waals surface area contributed by atoms with Gasteiger partial charge >= 0.3 is 35.8 Å². The summed E-state index contributed by atoms with van der Waals surface area (Å²) in [7, 11) is 0. The van der Waals surface area contributed by atoms with Crippen molar-refractivity contribution in [3.63, 3.8) is 0 Å². The molecule has 12 heteroatoms. The Kier molecular flexibility index (Phi) is 25.0. The van der Waals surface area contributed by atoms with Gasteiger partial charge < -0.3 is 28.4 Å². The Morgan fingerprint density at radius 1 is 0.304 bits per heavy atom. The molecule has 6 aromatic rings. The number of hydrogen-bond donors (Lipinski definition) is 0. The molecule has 2 unspecified atom stereocenters. The zero-order valence-electron chi connectivity index (χ0n) is 46.3. The number of unbranched alkanes of at least 4 members (excludes halogenated alkanes) is 12. The zero-order valence-corrected chi connectivity index (χ0v) is 46.3. The van der Waals surface area contributed by atoms with Crippen molar-refractivity contribution in [2.75, 3.05) is 0 Å². The molecule has 2 atom stereocenters. The van der Waals surface area contributed by atoms with Crippen molar-refractivity contribution in [2.45, 2.75) is 162 Å². The molecule has 0 aliphatic heterocycles. The number of esters is 6. The lowest BCUT2D eigenvalue weighted by Gasteiger charge is -2.13. The van der Waals surface area contributed by atoms with E-state index in [-0.39, 0.29) is 59.6 Å². The van der Waals surface area contributed by atoms with Crippen molar-refractivity contribution < 1.29 is 57.2 Å². The van der Waals surface area contributed by atoms with Crippen LogP contribution in [-0.4, -0.2) is 48.0 Å². The highest BCUT2D eigenvalue weighted by Crippen LogP contribution is 2.27. The van der Waals surface area contributed by atoms with Gasteiger partial charge in [0.15, 0.2) is 0 Å². The van der Waals surface area contributed by atoms with Gasteiger partial charge in [-0.3, -0.25) is 9.59 Å². The lowest BCUT2D eigenvalue weighted by atomic mass is 10.0. The number of benzene rings is 6. The summed E-state index contributed by atoms with van der Waals surface area (Å²) in [4.78, 5) is 76.3. The summed E-state index contributed by atoms with van der Waals surface area (Å²) in [5, 5.41) is 0. The van der Waals surface area contributed by atoms with Crippen molar-refractivity contribution in [1.82, 2.24) is 0 Å². The average Bonchev–Trinajstić information content (AvgIpc) is 3.46. The van der Waals surface area contributed by atoms with E-state index in [1.807, 2.05) is 62.4 Å². The van der Waals surface area contributed by atoms with Crippen LogP contribution in [0.3, 0.4) is 0 Å². The predicted molar refractivity (Wildman–Crippen MR) is 307 cm³/mol. The molecule has 0 radical (unpaired) electrons. The van der Waals surface area contributed by atoms with Crippen LogP contribution in [0.2, 0.25) is 0 Å². The Balaban J connectivity index is 0.823. The van der Waals surface area contributed by atoms with Crippen LogP contribution in [-0.2, 0) is 19.1 Å². The molecule has 0 fully saturated rings. The standard InChI is InChI=1S/C67H76O12/c1-5-7-9-11-13-16-20-48(3)74-64(70)54-28-24-50(25-29-54)52-32-40-60(41-33-52)78-66(72)56-36-44-58(45-37-56)76-62(68)22-18-15-19-23-63(69)77-59-46-38-57(39-47-59)67(73)79-61-42-34-53(35-43-61)51-26-30-55(31-27-51)65(71)75-49(4)21-17-14-12-10-8-6-2/h24-49H,5-23H2,1-4H3. The first-order valence-electron chi connectivity index (χ1n) is 28.3. The van der Waals surface area contributed by atoms with Crippen LogP contribution in [0.25, 0.3) is 22.3 Å². The zero-order chi connectivity index (χ0) is 56.2. The number of rotatable bonds is 32. The van der Waals surface area contributed by atoms with Crippen molar-refractivity contribution in [3.05, 3.63) is 168 Å². The van der Waals surface area contributed by atoms with Crippen molar-refractivity contribution in [1.29, 1.82) is 0 Å². The SMILES string of the molecule is CCCCCCCCC(C)OC(=O)c1ccc(-c2ccc(OC(=O)c3ccc(OC(=O)CCCCCC(=O)Oc4ccc(C(=O)Oc5ccc(-c6ccc(C(=O)OC(C)CCCCCCCC)cc6)cc5)cc4)cc3)cc2)cc1. The molecule has 12 nitrogen and oxygen atoms in total. The average molecular weight is 1070 g/mol. The molecule has 0 saturated carbocycles. The van der Waals surface area contributed by atoms with E-state index >= 15 is 0 Å². The van der Waals surface area contributed by atoms with E-state index in [1.54, 1.807) is 48.5 Å². The van der Waals surface area contributed by atoms with Crippen LogP contribution in [0.5, 0.6) is 23.0 Å². The Hall–Kier alpha value is -7.86. The fourth-order valence-electron chi connectivity index (χ4n) is 8.80. The van der Waals surface area contributed by atoms with Gasteiger partial charge in [-0.15, -0.1) is 0 Å². The van der Waals surface area contributed by atoms with Crippen molar-refractivity contribution >= 4 is 35.8 Å². The second-order valence-corrected chi connectivity index (χ2v) is 20.1. The monoisotopic (exact) mass is 1070 g/mol. The van der Waals surface area contributed by atoms with E-state index in [9.17, 15) is 28.8 Å². The summed E-state index contributed by atoms with van der Waals surface area (Å²) >= 11 is 0. The molecular formula is C67H76O12. The Morgan fingerprint density at radius 3 is 0.899 bits per heavy atom. The molecule has 0 spiro atoms. The second-order valence-electron chi connectivity index (χ2n) is 20.1. The highest BCUT2D eigenvalue weighted by Gasteiger charge is 2.17. The minimum Gasteiger partial charge on any atom is -0.459 e. The Morgan fingerprint density at radius 2 is 0.557 bits per heavy atom. The predicted octanol–water partition coefficient (Wildman–Crippen LogP) is 16.5.